The summed E-state index contributed by atoms with van der Waals surface area (Å²) in [5.74, 6) is -4.58. The van der Waals surface area contributed by atoms with Crippen LogP contribution >= 0.6 is 0 Å². The fourth-order valence-corrected chi connectivity index (χ4v) is 4.49. The maximum Gasteiger partial charge on any atom is 0.262 e. The minimum atomic E-state index is -1.03. The van der Waals surface area contributed by atoms with Crippen LogP contribution in [-0.2, 0) is 6.54 Å². The third-order valence-corrected chi connectivity index (χ3v) is 6.65. The first-order chi connectivity index (χ1) is 16.6. The SMILES string of the molecule is CC1=C(C#N)C(c2cc3c(c(C)c2F)CN=C3NC(=O)c2c(F)cccc2F)C(C#N)=C(C)N1C. The minimum absolute atomic E-state index is 0.0309. The van der Waals surface area contributed by atoms with Gasteiger partial charge in [-0.25, -0.2) is 13.2 Å². The van der Waals surface area contributed by atoms with Gasteiger partial charge in [0, 0.05) is 29.6 Å². The molecule has 2 aromatic carbocycles. The number of fused-ring (bicyclic) bond motifs is 1. The van der Waals surface area contributed by atoms with Crippen molar-refractivity contribution in [2.75, 3.05) is 7.05 Å². The number of hydrogen-bond acceptors (Lipinski definition) is 5. The molecule has 2 aliphatic rings. The summed E-state index contributed by atoms with van der Waals surface area (Å²) in [5.41, 5.74) is 2.08. The first-order valence-corrected chi connectivity index (χ1v) is 10.7. The second kappa shape index (κ2) is 8.77. The van der Waals surface area contributed by atoms with Crippen LogP contribution in [0, 0.1) is 47.0 Å². The molecule has 0 saturated heterocycles. The standard InChI is InChI=1S/C26H20F3N5O/c1-12-19-11-32-25(33-26(35)23-20(27)6-5-7-21(23)28)15(19)8-16(24(12)29)22-17(9-30)13(2)34(4)14(3)18(22)10-31/h5-8,22H,11H2,1-4H3,(H,32,33,35). The second-order valence-corrected chi connectivity index (χ2v) is 8.36. The van der Waals surface area contributed by atoms with Crippen LogP contribution in [0.15, 0.2) is 51.8 Å². The van der Waals surface area contributed by atoms with Crippen molar-refractivity contribution in [3.63, 3.8) is 0 Å². The monoisotopic (exact) mass is 475 g/mol. The minimum Gasteiger partial charge on any atom is -0.350 e. The van der Waals surface area contributed by atoms with Crippen LogP contribution in [0.1, 0.15) is 52.4 Å². The molecule has 0 spiro atoms. The maximum atomic E-state index is 15.7. The average molecular weight is 475 g/mol. The highest BCUT2D eigenvalue weighted by molar-refractivity contribution is 6.14. The Hall–Kier alpha value is -4.37. The smallest absolute Gasteiger partial charge is 0.262 e. The van der Waals surface area contributed by atoms with Gasteiger partial charge >= 0.3 is 0 Å². The molecule has 0 bridgehead atoms. The van der Waals surface area contributed by atoms with E-state index in [0.29, 0.717) is 22.5 Å². The first-order valence-electron chi connectivity index (χ1n) is 10.7. The van der Waals surface area contributed by atoms with Gasteiger partial charge in [0.1, 0.15) is 28.9 Å². The molecule has 35 heavy (non-hydrogen) atoms. The Morgan fingerprint density at radius 3 is 2.20 bits per heavy atom. The van der Waals surface area contributed by atoms with Crippen molar-refractivity contribution in [1.82, 2.24) is 10.2 Å². The van der Waals surface area contributed by atoms with Gasteiger partial charge in [-0.2, -0.15) is 10.5 Å². The molecular weight excluding hydrogens is 455 g/mol. The molecule has 176 valence electrons. The summed E-state index contributed by atoms with van der Waals surface area (Å²) < 4.78 is 43.9. The normalized spacial score (nSPS) is 15.6. The van der Waals surface area contributed by atoms with Crippen molar-refractivity contribution in [1.29, 1.82) is 10.5 Å². The van der Waals surface area contributed by atoms with E-state index in [-0.39, 0.29) is 34.7 Å². The van der Waals surface area contributed by atoms with E-state index in [1.807, 2.05) is 0 Å². The molecule has 2 aromatic rings. The summed E-state index contributed by atoms with van der Waals surface area (Å²) in [7, 11) is 1.72. The van der Waals surface area contributed by atoms with Gasteiger partial charge in [-0.05, 0) is 50.1 Å². The van der Waals surface area contributed by atoms with Gasteiger partial charge in [0.05, 0.1) is 35.7 Å². The quantitative estimate of drug-likeness (QED) is 0.680. The number of amidine groups is 1. The van der Waals surface area contributed by atoms with Crippen LogP contribution in [0.4, 0.5) is 13.2 Å². The largest absolute Gasteiger partial charge is 0.350 e. The molecule has 1 amide bonds. The van der Waals surface area contributed by atoms with Crippen molar-refractivity contribution in [2.24, 2.45) is 4.99 Å². The molecule has 2 heterocycles. The highest BCUT2D eigenvalue weighted by atomic mass is 19.1. The number of amides is 1. The molecule has 9 heteroatoms. The van der Waals surface area contributed by atoms with Crippen LogP contribution in [-0.4, -0.2) is 23.7 Å². The lowest BCUT2D eigenvalue weighted by molar-refractivity contribution is 0.0969. The molecular formula is C26H20F3N5O. The van der Waals surface area contributed by atoms with Gasteiger partial charge in [0.25, 0.3) is 5.91 Å². The van der Waals surface area contributed by atoms with Gasteiger partial charge in [0.15, 0.2) is 0 Å². The number of nitrogens with zero attached hydrogens (tertiary/aromatic N) is 4. The van der Waals surface area contributed by atoms with E-state index in [0.717, 1.165) is 18.2 Å². The average Bonchev–Trinajstić information content (AvgIpc) is 3.22. The molecule has 0 saturated carbocycles. The van der Waals surface area contributed by atoms with Gasteiger partial charge in [-0.3, -0.25) is 9.79 Å². The molecule has 1 N–H and O–H groups in total. The molecule has 6 nitrogen and oxygen atoms in total. The number of carbonyl (C=O) groups excluding carboxylic acids is 1. The highest BCUT2D eigenvalue weighted by Crippen LogP contribution is 2.43. The van der Waals surface area contributed by atoms with Crippen LogP contribution in [0.5, 0.6) is 0 Å². The number of benzene rings is 2. The fourth-order valence-electron chi connectivity index (χ4n) is 4.49. The van der Waals surface area contributed by atoms with Gasteiger partial charge in [-0.15, -0.1) is 0 Å². The van der Waals surface area contributed by atoms with Crippen LogP contribution < -0.4 is 5.32 Å². The molecule has 0 aromatic heterocycles. The van der Waals surface area contributed by atoms with Crippen molar-refractivity contribution < 1.29 is 18.0 Å². The Labute approximate surface area is 200 Å². The lowest BCUT2D eigenvalue weighted by Gasteiger charge is -2.33. The van der Waals surface area contributed by atoms with E-state index in [9.17, 15) is 24.1 Å². The molecule has 0 radical (unpaired) electrons. The molecule has 0 atom stereocenters. The Kier molecular flexibility index (Phi) is 5.96. The fraction of sp³-hybridized carbons (Fsp3) is 0.231. The van der Waals surface area contributed by atoms with Crippen molar-refractivity contribution in [2.45, 2.75) is 33.2 Å². The summed E-state index contributed by atoms with van der Waals surface area (Å²) in [6, 6.07) is 8.76. The molecule has 0 aliphatic carbocycles. The van der Waals surface area contributed by atoms with Gasteiger partial charge in [0.2, 0.25) is 0 Å². The van der Waals surface area contributed by atoms with Gasteiger partial charge in [-0.1, -0.05) is 6.07 Å². The number of nitriles is 2. The third kappa shape index (κ3) is 3.66. The van der Waals surface area contributed by atoms with Crippen LogP contribution in [0.25, 0.3) is 0 Å². The number of hydrogen-bond donors (Lipinski definition) is 1. The Morgan fingerprint density at radius 1 is 1.09 bits per heavy atom. The zero-order valence-corrected chi connectivity index (χ0v) is 19.4. The van der Waals surface area contributed by atoms with E-state index in [1.54, 1.807) is 32.7 Å². The predicted molar refractivity (Wildman–Crippen MR) is 122 cm³/mol. The van der Waals surface area contributed by atoms with Gasteiger partial charge < -0.3 is 10.2 Å². The zero-order chi connectivity index (χ0) is 25.6. The van der Waals surface area contributed by atoms with Crippen molar-refractivity contribution >= 4 is 11.7 Å². The lowest BCUT2D eigenvalue weighted by atomic mass is 9.79. The maximum absolute atomic E-state index is 15.7. The van der Waals surface area contributed by atoms with E-state index in [1.165, 1.54) is 6.07 Å². The number of halogens is 3. The third-order valence-electron chi connectivity index (χ3n) is 6.65. The predicted octanol–water partition coefficient (Wildman–Crippen LogP) is 4.73. The Morgan fingerprint density at radius 2 is 1.66 bits per heavy atom. The molecule has 0 unspecified atom stereocenters. The molecule has 0 fully saturated rings. The van der Waals surface area contributed by atoms with E-state index >= 15 is 4.39 Å². The summed E-state index contributed by atoms with van der Waals surface area (Å²) in [6.45, 7) is 5.05. The molecule has 2 aliphatic heterocycles. The Balaban J connectivity index is 1.83. The summed E-state index contributed by atoms with van der Waals surface area (Å²) in [6.07, 6.45) is 0. The topological polar surface area (TPSA) is 92.3 Å². The van der Waals surface area contributed by atoms with Crippen LogP contribution in [0.2, 0.25) is 0 Å². The van der Waals surface area contributed by atoms with E-state index in [4.69, 9.17) is 0 Å². The molecule has 4 rings (SSSR count). The zero-order valence-electron chi connectivity index (χ0n) is 19.4. The van der Waals surface area contributed by atoms with Crippen molar-refractivity contribution in [3.05, 3.63) is 92.1 Å². The number of carbonyl (C=O) groups is 1. The van der Waals surface area contributed by atoms with E-state index < -0.39 is 34.8 Å². The van der Waals surface area contributed by atoms with Crippen LogP contribution in [0.3, 0.4) is 0 Å². The summed E-state index contributed by atoms with van der Waals surface area (Å²) in [4.78, 5) is 18.6. The number of allylic oxidation sites excluding steroid dienone is 4. The summed E-state index contributed by atoms with van der Waals surface area (Å²) in [5, 5.41) is 22.2. The number of rotatable bonds is 2. The lowest BCUT2D eigenvalue weighted by Crippen LogP contribution is -2.32. The number of nitrogens with one attached hydrogen (secondary N) is 1. The first kappa shape index (κ1) is 23.8. The Bertz CT molecular complexity index is 1420. The number of aliphatic imine (C=N–C) groups is 1. The second-order valence-electron chi connectivity index (χ2n) is 8.36. The summed E-state index contributed by atoms with van der Waals surface area (Å²) >= 11 is 0. The van der Waals surface area contributed by atoms with E-state index in [2.05, 4.69) is 22.4 Å². The highest BCUT2D eigenvalue weighted by Gasteiger charge is 2.36. The van der Waals surface area contributed by atoms with Crippen molar-refractivity contribution in [3.8, 4) is 12.1 Å².